The number of carboxylic acid groups (broad SMARTS) is 2. The fourth-order valence-electron chi connectivity index (χ4n) is 4.27. The first-order valence-corrected chi connectivity index (χ1v) is 13.1. The minimum atomic E-state index is -1.20. The predicted molar refractivity (Wildman–Crippen MR) is 146 cm³/mol. The number of aryl methyl sites for hydroxylation is 2. The van der Waals surface area contributed by atoms with Crippen LogP contribution in [-0.2, 0) is 17.6 Å². The summed E-state index contributed by atoms with van der Waals surface area (Å²) >= 11 is 0. The zero-order valence-electron chi connectivity index (χ0n) is 22.6. The van der Waals surface area contributed by atoms with E-state index in [0.29, 0.717) is 19.3 Å². The van der Waals surface area contributed by atoms with E-state index in [1.54, 1.807) is 4.90 Å². The first-order chi connectivity index (χ1) is 18.0. The molecule has 0 saturated heterocycles. The monoisotopic (exact) mass is 527 g/mol. The van der Waals surface area contributed by atoms with E-state index in [9.17, 15) is 19.5 Å². The van der Waals surface area contributed by atoms with Gasteiger partial charge >= 0.3 is 18.3 Å². The van der Waals surface area contributed by atoms with Crippen LogP contribution in [-0.4, -0.2) is 64.2 Å². The lowest BCUT2D eigenvalue weighted by Crippen LogP contribution is -2.47. The summed E-state index contributed by atoms with van der Waals surface area (Å²) in [6.45, 7) is 5.81. The summed E-state index contributed by atoms with van der Waals surface area (Å²) in [7, 11) is 0. The van der Waals surface area contributed by atoms with Gasteiger partial charge in [0.25, 0.3) is 0 Å². The number of hydrogen-bond acceptors (Lipinski definition) is 4. The van der Waals surface area contributed by atoms with Crippen LogP contribution in [0.15, 0.2) is 60.7 Å². The summed E-state index contributed by atoms with van der Waals surface area (Å²) in [5, 5.41) is 22.9. The van der Waals surface area contributed by atoms with Gasteiger partial charge in [-0.15, -0.1) is 0 Å². The Morgan fingerprint density at radius 2 is 1.34 bits per heavy atom. The molecule has 2 rings (SSSR count). The van der Waals surface area contributed by atoms with Crippen molar-refractivity contribution in [3.63, 3.8) is 0 Å². The van der Waals surface area contributed by atoms with Crippen molar-refractivity contribution < 1.29 is 29.3 Å². The summed E-state index contributed by atoms with van der Waals surface area (Å²) in [4.78, 5) is 37.4. The van der Waals surface area contributed by atoms with E-state index in [0.717, 1.165) is 12.8 Å². The van der Waals surface area contributed by atoms with E-state index in [2.05, 4.69) is 34.9 Å². The number of ether oxygens (including phenoxy) is 1. The van der Waals surface area contributed by atoms with Crippen LogP contribution < -0.4 is 10.6 Å². The summed E-state index contributed by atoms with van der Waals surface area (Å²) in [5.41, 5.74) is 1.65. The van der Waals surface area contributed by atoms with Gasteiger partial charge in [-0.1, -0.05) is 60.7 Å². The average molecular weight is 528 g/mol. The van der Waals surface area contributed by atoms with Gasteiger partial charge in [0.05, 0.1) is 0 Å². The van der Waals surface area contributed by atoms with Crippen LogP contribution in [0.3, 0.4) is 0 Å². The smallest absolute Gasteiger partial charge is 0.410 e. The number of amides is 3. The van der Waals surface area contributed by atoms with Crippen LogP contribution >= 0.6 is 0 Å². The van der Waals surface area contributed by atoms with Crippen LogP contribution in [0.2, 0.25) is 0 Å². The Kier molecular flexibility index (Phi) is 12.4. The van der Waals surface area contributed by atoms with Crippen molar-refractivity contribution in [2.24, 2.45) is 0 Å². The lowest BCUT2D eigenvalue weighted by atomic mass is 9.97. The standard InChI is InChI=1S/C29H41N3O6/c1-29(2,3)38-28(37)32(21-19-24(31-27(35)36)18-20-30-26(33)34)25(16-14-22-10-6-4-7-11-22)17-15-23-12-8-5-9-13-23/h4-13,24-25,30-31H,14-21H2,1-3H3,(H,33,34)(H,35,36)/t24-/m0/s1. The van der Waals surface area contributed by atoms with Gasteiger partial charge in [0, 0.05) is 25.2 Å². The van der Waals surface area contributed by atoms with Gasteiger partial charge in [-0.2, -0.15) is 0 Å². The van der Waals surface area contributed by atoms with E-state index >= 15 is 0 Å². The highest BCUT2D eigenvalue weighted by molar-refractivity contribution is 5.68. The Labute approximate surface area is 225 Å². The zero-order chi connectivity index (χ0) is 28.0. The van der Waals surface area contributed by atoms with Gasteiger partial charge < -0.3 is 30.5 Å². The molecule has 2 aromatic rings. The third kappa shape index (κ3) is 12.5. The number of carbonyl (C=O) groups excluding carboxylic acids is 1. The van der Waals surface area contributed by atoms with Gasteiger partial charge in [-0.25, -0.2) is 14.4 Å². The Hall–Kier alpha value is -3.75. The van der Waals surface area contributed by atoms with Crippen molar-refractivity contribution in [1.82, 2.24) is 15.5 Å². The first kappa shape index (κ1) is 30.5. The summed E-state index contributed by atoms with van der Waals surface area (Å²) in [5.74, 6) is 0. The normalized spacial score (nSPS) is 12.0. The van der Waals surface area contributed by atoms with Gasteiger partial charge in [-0.3, -0.25) is 0 Å². The minimum absolute atomic E-state index is 0.0954. The molecule has 2 aromatic carbocycles. The Balaban J connectivity index is 2.24. The molecule has 0 aliphatic carbocycles. The van der Waals surface area contributed by atoms with Crippen molar-refractivity contribution in [3.05, 3.63) is 71.8 Å². The molecule has 0 heterocycles. The molecule has 0 unspecified atom stereocenters. The zero-order valence-corrected chi connectivity index (χ0v) is 22.6. The Morgan fingerprint density at radius 3 is 1.79 bits per heavy atom. The molecule has 3 amide bonds. The van der Waals surface area contributed by atoms with Gasteiger partial charge in [0.15, 0.2) is 0 Å². The molecular weight excluding hydrogens is 486 g/mol. The van der Waals surface area contributed by atoms with E-state index < -0.39 is 29.9 Å². The lowest BCUT2D eigenvalue weighted by Gasteiger charge is -2.35. The molecular formula is C29H41N3O6. The number of nitrogens with one attached hydrogen (secondary N) is 2. The first-order valence-electron chi connectivity index (χ1n) is 13.1. The number of carbonyl (C=O) groups is 3. The fourth-order valence-corrected chi connectivity index (χ4v) is 4.27. The van der Waals surface area contributed by atoms with Crippen molar-refractivity contribution in [2.45, 2.75) is 77.0 Å². The second-order valence-corrected chi connectivity index (χ2v) is 10.3. The van der Waals surface area contributed by atoms with Crippen molar-refractivity contribution in [2.75, 3.05) is 13.1 Å². The molecule has 0 aliphatic heterocycles. The van der Waals surface area contributed by atoms with Crippen LogP contribution in [0, 0.1) is 0 Å². The van der Waals surface area contributed by atoms with E-state index in [4.69, 9.17) is 9.84 Å². The highest BCUT2D eigenvalue weighted by Crippen LogP contribution is 2.21. The van der Waals surface area contributed by atoms with Gasteiger partial charge in [0.1, 0.15) is 5.60 Å². The number of benzene rings is 2. The maximum atomic E-state index is 13.4. The highest BCUT2D eigenvalue weighted by Gasteiger charge is 2.29. The van der Waals surface area contributed by atoms with Crippen LogP contribution in [0.5, 0.6) is 0 Å². The third-order valence-corrected chi connectivity index (χ3v) is 6.10. The van der Waals surface area contributed by atoms with Gasteiger partial charge in [-0.05, 0) is 70.4 Å². The van der Waals surface area contributed by atoms with Crippen molar-refractivity contribution in [1.29, 1.82) is 0 Å². The second-order valence-electron chi connectivity index (χ2n) is 10.3. The summed E-state index contributed by atoms with van der Waals surface area (Å²) in [6, 6.07) is 19.5. The highest BCUT2D eigenvalue weighted by atomic mass is 16.6. The molecule has 9 heteroatoms. The molecule has 0 aliphatic rings. The van der Waals surface area contributed by atoms with Gasteiger partial charge in [0.2, 0.25) is 0 Å². The molecule has 0 aromatic heterocycles. The fraction of sp³-hybridized carbons (Fsp3) is 0.483. The van der Waals surface area contributed by atoms with Crippen LogP contribution in [0.25, 0.3) is 0 Å². The number of nitrogens with zero attached hydrogens (tertiary/aromatic N) is 1. The third-order valence-electron chi connectivity index (χ3n) is 6.10. The molecule has 38 heavy (non-hydrogen) atoms. The second kappa shape index (κ2) is 15.5. The molecule has 0 spiro atoms. The Bertz CT molecular complexity index is 951. The number of hydrogen-bond donors (Lipinski definition) is 4. The molecule has 1 atom stereocenters. The maximum absolute atomic E-state index is 13.4. The predicted octanol–water partition coefficient (Wildman–Crippen LogP) is 5.54. The maximum Gasteiger partial charge on any atom is 0.410 e. The number of rotatable bonds is 14. The summed E-state index contributed by atoms with van der Waals surface area (Å²) < 4.78 is 5.77. The van der Waals surface area contributed by atoms with Crippen molar-refractivity contribution >= 4 is 18.3 Å². The van der Waals surface area contributed by atoms with Crippen LogP contribution in [0.1, 0.15) is 57.6 Å². The molecule has 0 saturated carbocycles. The molecule has 0 bridgehead atoms. The quantitative estimate of drug-likeness (QED) is 0.255. The van der Waals surface area contributed by atoms with E-state index in [-0.39, 0.29) is 25.6 Å². The molecule has 4 N–H and O–H groups in total. The average Bonchev–Trinajstić information content (AvgIpc) is 2.84. The SMILES string of the molecule is CC(C)(C)OC(=O)N(CC[C@H](CCNC(=O)O)NC(=O)O)C(CCc1ccccc1)CCc1ccccc1. The van der Waals surface area contributed by atoms with Crippen LogP contribution in [0.4, 0.5) is 14.4 Å². The lowest BCUT2D eigenvalue weighted by molar-refractivity contribution is 0.0134. The molecule has 208 valence electrons. The minimum Gasteiger partial charge on any atom is -0.465 e. The van der Waals surface area contributed by atoms with E-state index in [1.807, 2.05) is 57.2 Å². The summed E-state index contributed by atoms with van der Waals surface area (Å²) in [6.07, 6.45) is 0.759. The Morgan fingerprint density at radius 1 is 0.816 bits per heavy atom. The largest absolute Gasteiger partial charge is 0.465 e. The molecule has 9 nitrogen and oxygen atoms in total. The molecule has 0 fully saturated rings. The van der Waals surface area contributed by atoms with E-state index in [1.165, 1.54) is 11.1 Å². The molecule has 0 radical (unpaired) electrons. The van der Waals surface area contributed by atoms with Crippen molar-refractivity contribution in [3.8, 4) is 0 Å². The topological polar surface area (TPSA) is 128 Å².